The monoisotopic (exact) mass is 247 g/mol. The van der Waals surface area contributed by atoms with E-state index >= 15 is 0 Å². The molecule has 0 bridgehead atoms. The van der Waals surface area contributed by atoms with Gasteiger partial charge in [0.1, 0.15) is 12.3 Å². The van der Waals surface area contributed by atoms with Crippen molar-refractivity contribution in [3.05, 3.63) is 34.9 Å². The third-order valence-corrected chi connectivity index (χ3v) is 2.69. The highest BCUT2D eigenvalue weighted by molar-refractivity contribution is 6.31. The first-order chi connectivity index (χ1) is 8.22. The second-order valence-corrected chi connectivity index (χ2v) is 4.03. The first-order valence-electron chi connectivity index (χ1n) is 5.20. The highest BCUT2D eigenvalue weighted by Gasteiger charge is 2.24. The summed E-state index contributed by atoms with van der Waals surface area (Å²) >= 11 is 5.90. The van der Waals surface area contributed by atoms with Crippen LogP contribution in [0.25, 0.3) is 0 Å². The zero-order chi connectivity index (χ0) is 12.3. The predicted octanol–water partition coefficient (Wildman–Crippen LogP) is 1.84. The molecule has 5 heteroatoms. The van der Waals surface area contributed by atoms with Crippen LogP contribution in [-0.4, -0.2) is 29.7 Å². The van der Waals surface area contributed by atoms with Crippen molar-refractivity contribution in [2.24, 2.45) is 4.99 Å². The molecule has 1 aliphatic heterocycles. The van der Waals surface area contributed by atoms with Crippen LogP contribution in [0.2, 0.25) is 5.02 Å². The molecule has 0 atom stereocenters. The summed E-state index contributed by atoms with van der Waals surface area (Å²) in [5, 5.41) is 9.14. The highest BCUT2D eigenvalue weighted by Crippen LogP contribution is 2.16. The lowest BCUT2D eigenvalue weighted by molar-refractivity contribution is -0.125. The number of carbonyl (C=O) groups is 1. The van der Waals surface area contributed by atoms with Gasteiger partial charge in [-0.1, -0.05) is 23.7 Å². The second-order valence-electron chi connectivity index (χ2n) is 3.60. The van der Waals surface area contributed by atoms with Crippen LogP contribution in [0.15, 0.2) is 29.3 Å². The van der Waals surface area contributed by atoms with Crippen LogP contribution in [0.5, 0.6) is 0 Å². The number of amides is 1. The number of hydrogen-bond acceptors (Lipinski definition) is 3. The molecule has 0 spiro atoms. The number of aliphatic imine (C=N–C) groups is 1. The molecule has 4 nitrogen and oxygen atoms in total. The molecular formula is C12H10ClN3O. The highest BCUT2D eigenvalue weighted by atomic mass is 35.5. The molecule has 0 fully saturated rings. The van der Waals surface area contributed by atoms with E-state index in [0.717, 1.165) is 5.56 Å². The molecule has 1 aliphatic rings. The lowest BCUT2D eigenvalue weighted by Gasteiger charge is -2.17. The number of carbonyl (C=O) groups excluding carboxylic acids is 1. The van der Waals surface area contributed by atoms with Gasteiger partial charge < -0.3 is 0 Å². The minimum absolute atomic E-state index is 0.125. The van der Waals surface area contributed by atoms with Crippen molar-refractivity contribution in [2.45, 2.75) is 6.42 Å². The Bertz CT molecular complexity index is 519. The Morgan fingerprint density at radius 2 is 2.41 bits per heavy atom. The fraction of sp³-hybridized carbons (Fsp3) is 0.250. The molecule has 0 aliphatic carbocycles. The van der Waals surface area contributed by atoms with Crippen LogP contribution < -0.4 is 0 Å². The number of hydrogen-bond donors (Lipinski definition) is 0. The molecule has 0 aromatic heterocycles. The van der Waals surface area contributed by atoms with Crippen molar-refractivity contribution in [2.75, 3.05) is 13.1 Å². The average Bonchev–Trinajstić information content (AvgIpc) is 2.78. The van der Waals surface area contributed by atoms with Crippen LogP contribution in [0, 0.1) is 11.3 Å². The fourth-order valence-corrected chi connectivity index (χ4v) is 1.92. The van der Waals surface area contributed by atoms with Crippen LogP contribution in [-0.2, 0) is 4.79 Å². The standard InChI is InChI=1S/C12H10ClN3O/c13-10-3-1-2-9(8-10)12-15-6-7-16(12)11(17)4-5-14/h1-3,8H,4,6-7H2. The van der Waals surface area contributed by atoms with E-state index < -0.39 is 0 Å². The molecule has 0 saturated heterocycles. The second kappa shape index (κ2) is 4.98. The quantitative estimate of drug-likeness (QED) is 0.801. The first-order valence-corrected chi connectivity index (χ1v) is 5.58. The lowest BCUT2D eigenvalue weighted by atomic mass is 10.2. The van der Waals surface area contributed by atoms with Gasteiger partial charge in [0.25, 0.3) is 0 Å². The summed E-state index contributed by atoms with van der Waals surface area (Å²) in [4.78, 5) is 17.5. The third kappa shape index (κ3) is 2.45. The normalized spacial score (nSPS) is 14.4. The molecule has 17 heavy (non-hydrogen) atoms. The smallest absolute Gasteiger partial charge is 0.242 e. The van der Waals surface area contributed by atoms with Crippen molar-refractivity contribution >= 4 is 23.3 Å². The topological polar surface area (TPSA) is 56.5 Å². The summed E-state index contributed by atoms with van der Waals surface area (Å²) in [6.07, 6.45) is -0.125. The summed E-state index contributed by atoms with van der Waals surface area (Å²) < 4.78 is 0. The van der Waals surface area contributed by atoms with E-state index in [0.29, 0.717) is 23.9 Å². The van der Waals surface area contributed by atoms with Gasteiger partial charge in [-0.25, -0.2) is 0 Å². The minimum Gasteiger partial charge on any atom is -0.294 e. The van der Waals surface area contributed by atoms with Gasteiger partial charge in [-0.15, -0.1) is 0 Å². The van der Waals surface area contributed by atoms with Crippen molar-refractivity contribution in [1.29, 1.82) is 5.26 Å². The number of benzene rings is 1. The molecule has 0 radical (unpaired) electrons. The maximum absolute atomic E-state index is 11.7. The molecular weight excluding hydrogens is 238 g/mol. The van der Waals surface area contributed by atoms with Crippen molar-refractivity contribution < 1.29 is 4.79 Å². The van der Waals surface area contributed by atoms with Gasteiger partial charge in [0, 0.05) is 17.1 Å². The van der Waals surface area contributed by atoms with Gasteiger partial charge in [0.05, 0.1) is 12.6 Å². The Kier molecular flexibility index (Phi) is 3.40. The van der Waals surface area contributed by atoms with Gasteiger partial charge >= 0.3 is 0 Å². The molecule has 1 aromatic carbocycles. The van der Waals surface area contributed by atoms with Gasteiger partial charge in [-0.2, -0.15) is 5.26 Å². The molecule has 1 amide bonds. The molecule has 86 valence electrons. The van der Waals surface area contributed by atoms with Crippen LogP contribution >= 0.6 is 11.6 Å². The van der Waals surface area contributed by atoms with Crippen molar-refractivity contribution in [1.82, 2.24) is 4.90 Å². The Morgan fingerprint density at radius 3 is 3.12 bits per heavy atom. The van der Waals surface area contributed by atoms with Crippen LogP contribution in [0.1, 0.15) is 12.0 Å². The van der Waals surface area contributed by atoms with E-state index in [1.807, 2.05) is 18.2 Å². The lowest BCUT2D eigenvalue weighted by Crippen LogP contribution is -2.34. The fourth-order valence-electron chi connectivity index (χ4n) is 1.73. The Hall–Kier alpha value is -1.86. The summed E-state index contributed by atoms with van der Waals surface area (Å²) in [7, 11) is 0. The maximum atomic E-state index is 11.7. The van der Waals surface area contributed by atoms with E-state index in [1.54, 1.807) is 12.1 Å². The molecule has 0 saturated carbocycles. The van der Waals surface area contributed by atoms with Gasteiger partial charge in [0.15, 0.2) is 0 Å². The van der Waals surface area contributed by atoms with E-state index in [9.17, 15) is 4.79 Å². The Balaban J connectivity index is 2.26. The van der Waals surface area contributed by atoms with E-state index in [1.165, 1.54) is 4.90 Å². The van der Waals surface area contributed by atoms with Gasteiger partial charge in [-0.05, 0) is 12.1 Å². The number of rotatable bonds is 2. The Labute approximate surface area is 104 Å². The SMILES string of the molecule is N#CCC(=O)N1CCN=C1c1cccc(Cl)c1. The summed E-state index contributed by atoms with van der Waals surface area (Å²) in [5.74, 6) is 0.386. The summed E-state index contributed by atoms with van der Waals surface area (Å²) in [6, 6.07) is 9.04. The van der Waals surface area contributed by atoms with Crippen molar-refractivity contribution in [3.8, 4) is 6.07 Å². The largest absolute Gasteiger partial charge is 0.294 e. The zero-order valence-electron chi connectivity index (χ0n) is 9.06. The predicted molar refractivity (Wildman–Crippen MR) is 64.8 cm³/mol. The van der Waals surface area contributed by atoms with E-state index in [4.69, 9.17) is 16.9 Å². The first kappa shape index (κ1) is 11.6. The van der Waals surface area contributed by atoms with Crippen LogP contribution in [0.3, 0.4) is 0 Å². The van der Waals surface area contributed by atoms with Crippen LogP contribution in [0.4, 0.5) is 0 Å². The molecule has 0 N–H and O–H groups in total. The van der Waals surface area contributed by atoms with Gasteiger partial charge in [0.2, 0.25) is 5.91 Å². The number of nitrogens with zero attached hydrogens (tertiary/aromatic N) is 3. The zero-order valence-corrected chi connectivity index (χ0v) is 9.81. The third-order valence-electron chi connectivity index (χ3n) is 2.45. The molecule has 1 aromatic rings. The van der Waals surface area contributed by atoms with Gasteiger partial charge in [-0.3, -0.25) is 14.7 Å². The van der Waals surface area contributed by atoms with Crippen molar-refractivity contribution in [3.63, 3.8) is 0 Å². The summed E-state index contributed by atoms with van der Waals surface area (Å²) in [6.45, 7) is 1.10. The number of amidine groups is 1. The minimum atomic E-state index is -0.219. The van der Waals surface area contributed by atoms with E-state index in [-0.39, 0.29) is 12.3 Å². The van der Waals surface area contributed by atoms with E-state index in [2.05, 4.69) is 4.99 Å². The maximum Gasteiger partial charge on any atom is 0.242 e. The number of nitriles is 1. The summed E-state index contributed by atoms with van der Waals surface area (Å²) in [5.41, 5.74) is 0.807. The molecule has 2 rings (SSSR count). The Morgan fingerprint density at radius 1 is 1.59 bits per heavy atom. The average molecular weight is 248 g/mol. The molecule has 1 heterocycles. The number of halogens is 1. The molecule has 0 unspecified atom stereocenters.